The van der Waals surface area contributed by atoms with Crippen molar-refractivity contribution in [2.75, 3.05) is 19.9 Å². The first-order valence-electron chi connectivity index (χ1n) is 7.96. The lowest BCUT2D eigenvalue weighted by atomic mass is 9.74. The van der Waals surface area contributed by atoms with Crippen LogP contribution in [0.15, 0.2) is 18.2 Å². The number of hydrogen-bond acceptors (Lipinski definition) is 4. The minimum atomic E-state index is 0.0723. The molecule has 0 saturated heterocycles. The number of hydrogen-bond donors (Lipinski definition) is 2. The van der Waals surface area contributed by atoms with Gasteiger partial charge in [0.1, 0.15) is 0 Å². The SMILES string of the molecule is CC(NCC1(CO)CCCCC1)c1ccc2c(c1)OCO2. The zero-order valence-electron chi connectivity index (χ0n) is 12.7. The highest BCUT2D eigenvalue weighted by Crippen LogP contribution is 2.37. The van der Waals surface area contributed by atoms with Crippen LogP contribution in [0.2, 0.25) is 0 Å². The summed E-state index contributed by atoms with van der Waals surface area (Å²) in [6.07, 6.45) is 6.04. The van der Waals surface area contributed by atoms with Crippen molar-refractivity contribution in [2.45, 2.75) is 45.1 Å². The maximum absolute atomic E-state index is 9.78. The lowest BCUT2D eigenvalue weighted by molar-refractivity contribution is 0.0789. The first kappa shape index (κ1) is 14.7. The van der Waals surface area contributed by atoms with Crippen LogP contribution in [0.4, 0.5) is 0 Å². The van der Waals surface area contributed by atoms with E-state index in [-0.39, 0.29) is 18.1 Å². The molecule has 1 heterocycles. The van der Waals surface area contributed by atoms with Crippen molar-refractivity contribution in [3.63, 3.8) is 0 Å². The number of ether oxygens (including phenoxy) is 2. The first-order valence-corrected chi connectivity index (χ1v) is 7.96. The molecule has 4 nitrogen and oxygen atoms in total. The molecule has 1 aliphatic carbocycles. The normalized spacial score (nSPS) is 21.2. The lowest BCUT2D eigenvalue weighted by Crippen LogP contribution is -2.39. The third kappa shape index (κ3) is 3.16. The molecule has 1 aromatic carbocycles. The molecule has 0 spiro atoms. The van der Waals surface area contributed by atoms with Gasteiger partial charge in [-0.2, -0.15) is 0 Å². The Morgan fingerprint density at radius 1 is 1.19 bits per heavy atom. The summed E-state index contributed by atoms with van der Waals surface area (Å²) in [7, 11) is 0. The van der Waals surface area contributed by atoms with E-state index in [1.807, 2.05) is 12.1 Å². The van der Waals surface area contributed by atoms with Crippen molar-refractivity contribution in [1.82, 2.24) is 5.32 Å². The highest BCUT2D eigenvalue weighted by Gasteiger charge is 2.31. The maximum Gasteiger partial charge on any atom is 0.231 e. The van der Waals surface area contributed by atoms with Crippen molar-refractivity contribution in [3.05, 3.63) is 23.8 Å². The van der Waals surface area contributed by atoms with Crippen LogP contribution in [-0.2, 0) is 0 Å². The van der Waals surface area contributed by atoms with E-state index in [1.165, 1.54) is 24.8 Å². The van der Waals surface area contributed by atoms with Gasteiger partial charge in [-0.05, 0) is 37.5 Å². The van der Waals surface area contributed by atoms with E-state index in [4.69, 9.17) is 9.47 Å². The average molecular weight is 291 g/mol. The Kier molecular flexibility index (Phi) is 4.36. The Labute approximate surface area is 126 Å². The summed E-state index contributed by atoms with van der Waals surface area (Å²) in [4.78, 5) is 0. The molecular formula is C17H25NO3. The van der Waals surface area contributed by atoms with Crippen molar-refractivity contribution < 1.29 is 14.6 Å². The third-order valence-corrected chi connectivity index (χ3v) is 4.93. The maximum atomic E-state index is 9.78. The van der Waals surface area contributed by atoms with E-state index < -0.39 is 0 Å². The van der Waals surface area contributed by atoms with E-state index in [0.29, 0.717) is 6.79 Å². The molecular weight excluding hydrogens is 266 g/mol. The molecule has 0 bridgehead atoms. The van der Waals surface area contributed by atoms with Crippen molar-refractivity contribution >= 4 is 0 Å². The van der Waals surface area contributed by atoms with Gasteiger partial charge < -0.3 is 19.9 Å². The quantitative estimate of drug-likeness (QED) is 0.875. The molecule has 1 aliphatic heterocycles. The van der Waals surface area contributed by atoms with Crippen molar-refractivity contribution in [2.24, 2.45) is 5.41 Å². The molecule has 1 unspecified atom stereocenters. The number of aliphatic hydroxyl groups is 1. The molecule has 1 atom stereocenters. The summed E-state index contributed by atoms with van der Waals surface area (Å²) in [5.74, 6) is 1.65. The van der Waals surface area contributed by atoms with Gasteiger partial charge in [0, 0.05) is 24.6 Å². The van der Waals surface area contributed by atoms with Gasteiger partial charge in [-0.1, -0.05) is 25.3 Å². The first-order chi connectivity index (χ1) is 10.2. The van der Waals surface area contributed by atoms with E-state index >= 15 is 0 Å². The fraction of sp³-hybridized carbons (Fsp3) is 0.647. The third-order valence-electron chi connectivity index (χ3n) is 4.93. The molecule has 1 aromatic rings. The molecule has 2 N–H and O–H groups in total. The van der Waals surface area contributed by atoms with Crippen molar-refractivity contribution in [1.29, 1.82) is 0 Å². The molecule has 116 valence electrons. The molecule has 0 aromatic heterocycles. The number of nitrogens with one attached hydrogen (secondary N) is 1. The summed E-state index contributed by atoms with van der Waals surface area (Å²) in [5, 5.41) is 13.4. The molecule has 4 heteroatoms. The fourth-order valence-corrected chi connectivity index (χ4v) is 3.36. The molecule has 0 radical (unpaired) electrons. The number of rotatable bonds is 5. The van der Waals surface area contributed by atoms with Crippen LogP contribution in [0.3, 0.4) is 0 Å². The topological polar surface area (TPSA) is 50.7 Å². The zero-order chi connectivity index (χ0) is 14.7. The molecule has 0 amide bonds. The van der Waals surface area contributed by atoms with E-state index in [2.05, 4.69) is 18.3 Å². The van der Waals surface area contributed by atoms with E-state index in [1.54, 1.807) is 0 Å². The van der Waals surface area contributed by atoms with Crippen LogP contribution in [0.25, 0.3) is 0 Å². The molecule has 3 rings (SSSR count). The van der Waals surface area contributed by atoms with Crippen LogP contribution < -0.4 is 14.8 Å². The van der Waals surface area contributed by atoms with E-state index in [9.17, 15) is 5.11 Å². The monoisotopic (exact) mass is 291 g/mol. The minimum Gasteiger partial charge on any atom is -0.454 e. The number of benzene rings is 1. The van der Waals surface area contributed by atoms with Gasteiger partial charge in [0.15, 0.2) is 11.5 Å². The van der Waals surface area contributed by atoms with Gasteiger partial charge in [-0.3, -0.25) is 0 Å². The van der Waals surface area contributed by atoms with Gasteiger partial charge in [0.25, 0.3) is 0 Å². The van der Waals surface area contributed by atoms with Gasteiger partial charge >= 0.3 is 0 Å². The predicted octanol–water partition coefficient (Wildman–Crippen LogP) is 3.01. The Hall–Kier alpha value is -1.26. The minimum absolute atomic E-state index is 0.0723. The second kappa shape index (κ2) is 6.24. The van der Waals surface area contributed by atoms with Gasteiger partial charge in [-0.15, -0.1) is 0 Å². The fourth-order valence-electron chi connectivity index (χ4n) is 3.36. The Morgan fingerprint density at radius 2 is 1.95 bits per heavy atom. The summed E-state index contributed by atoms with van der Waals surface area (Å²) in [5.41, 5.74) is 1.27. The highest BCUT2D eigenvalue weighted by atomic mass is 16.7. The van der Waals surface area contributed by atoms with Crippen LogP contribution in [0.1, 0.15) is 50.6 Å². The average Bonchev–Trinajstić information content (AvgIpc) is 3.01. The smallest absolute Gasteiger partial charge is 0.231 e. The Bertz CT molecular complexity index is 483. The molecule has 2 aliphatic rings. The predicted molar refractivity (Wildman–Crippen MR) is 81.6 cm³/mol. The molecule has 21 heavy (non-hydrogen) atoms. The van der Waals surface area contributed by atoms with Gasteiger partial charge in [0.05, 0.1) is 0 Å². The van der Waals surface area contributed by atoms with Gasteiger partial charge in [-0.25, -0.2) is 0 Å². The summed E-state index contributed by atoms with van der Waals surface area (Å²) in [6, 6.07) is 6.34. The Balaban J connectivity index is 1.62. The van der Waals surface area contributed by atoms with Crippen LogP contribution in [-0.4, -0.2) is 25.1 Å². The zero-order valence-corrected chi connectivity index (χ0v) is 12.7. The Morgan fingerprint density at radius 3 is 2.71 bits per heavy atom. The van der Waals surface area contributed by atoms with E-state index in [0.717, 1.165) is 30.9 Å². The molecule has 1 saturated carbocycles. The van der Waals surface area contributed by atoms with Gasteiger partial charge in [0.2, 0.25) is 6.79 Å². The number of fused-ring (bicyclic) bond motifs is 1. The summed E-state index contributed by atoms with van der Waals surface area (Å²) < 4.78 is 10.8. The second-order valence-electron chi connectivity index (χ2n) is 6.43. The van der Waals surface area contributed by atoms with Crippen LogP contribution in [0.5, 0.6) is 11.5 Å². The lowest BCUT2D eigenvalue weighted by Gasteiger charge is -2.36. The summed E-state index contributed by atoms with van der Waals surface area (Å²) in [6.45, 7) is 3.63. The van der Waals surface area contributed by atoms with Crippen LogP contribution in [0, 0.1) is 5.41 Å². The van der Waals surface area contributed by atoms with Crippen molar-refractivity contribution in [3.8, 4) is 11.5 Å². The highest BCUT2D eigenvalue weighted by molar-refractivity contribution is 5.45. The van der Waals surface area contributed by atoms with Crippen LogP contribution >= 0.6 is 0 Å². The largest absolute Gasteiger partial charge is 0.454 e. The standard InChI is InChI=1S/C17H25NO3/c1-13(14-5-6-15-16(9-14)21-12-20-15)18-10-17(11-19)7-3-2-4-8-17/h5-6,9,13,18-19H,2-4,7-8,10-12H2,1H3. The summed E-state index contributed by atoms with van der Waals surface area (Å²) >= 11 is 0. The second-order valence-corrected chi connectivity index (χ2v) is 6.43. The molecule has 1 fully saturated rings. The number of aliphatic hydroxyl groups excluding tert-OH is 1.